The van der Waals surface area contributed by atoms with E-state index in [1.165, 1.54) is 17.3 Å². The summed E-state index contributed by atoms with van der Waals surface area (Å²) in [6, 6.07) is 5.87. The summed E-state index contributed by atoms with van der Waals surface area (Å²) in [5.41, 5.74) is 4.45. The van der Waals surface area contributed by atoms with Crippen LogP contribution in [0.2, 0.25) is 0 Å². The number of anilines is 1. The van der Waals surface area contributed by atoms with E-state index >= 15 is 0 Å². The van der Waals surface area contributed by atoms with Gasteiger partial charge in [-0.15, -0.1) is 0 Å². The smallest absolute Gasteiger partial charge is 0.259 e. The minimum atomic E-state index is -0.164. The molecule has 2 aromatic rings. The van der Waals surface area contributed by atoms with Crippen molar-refractivity contribution in [3.05, 3.63) is 46.8 Å². The maximum absolute atomic E-state index is 12.4. The maximum atomic E-state index is 12.4. The van der Waals surface area contributed by atoms with Crippen molar-refractivity contribution < 1.29 is 4.79 Å². The summed E-state index contributed by atoms with van der Waals surface area (Å²) in [4.78, 5) is 21.0. The molecule has 2 rings (SSSR count). The summed E-state index contributed by atoms with van der Waals surface area (Å²) >= 11 is 1.47. The average Bonchev–Trinajstić information content (AvgIpc) is 2.50. The molecule has 5 heteroatoms. The summed E-state index contributed by atoms with van der Waals surface area (Å²) in [5, 5.41) is 3.60. The third-order valence-electron chi connectivity index (χ3n) is 3.37. The van der Waals surface area contributed by atoms with E-state index in [-0.39, 0.29) is 5.91 Å². The Kier molecular flexibility index (Phi) is 4.96. The highest BCUT2D eigenvalue weighted by Gasteiger charge is 2.13. The number of thioether (sulfide) groups is 1. The van der Waals surface area contributed by atoms with Crippen molar-refractivity contribution in [1.82, 2.24) is 9.97 Å². The Morgan fingerprint density at radius 3 is 2.67 bits per heavy atom. The average molecular weight is 301 g/mol. The van der Waals surface area contributed by atoms with Gasteiger partial charge in [-0.1, -0.05) is 24.8 Å². The van der Waals surface area contributed by atoms with Crippen LogP contribution in [0.25, 0.3) is 0 Å². The molecule has 0 unspecified atom stereocenters. The molecule has 1 amide bonds. The highest BCUT2D eigenvalue weighted by atomic mass is 32.2. The van der Waals surface area contributed by atoms with Gasteiger partial charge >= 0.3 is 0 Å². The van der Waals surface area contributed by atoms with Crippen LogP contribution in [0.3, 0.4) is 0 Å². The molecular formula is C16H19N3OS. The molecule has 0 aliphatic carbocycles. The molecule has 1 aromatic heterocycles. The van der Waals surface area contributed by atoms with Gasteiger partial charge in [0.2, 0.25) is 0 Å². The fourth-order valence-corrected chi connectivity index (χ4v) is 2.33. The van der Waals surface area contributed by atoms with Gasteiger partial charge in [0.15, 0.2) is 5.16 Å². The fourth-order valence-electron chi connectivity index (χ4n) is 1.97. The zero-order chi connectivity index (χ0) is 15.4. The number of aromatic nitrogens is 2. The Morgan fingerprint density at radius 2 is 2.05 bits per heavy atom. The third-order valence-corrected chi connectivity index (χ3v) is 3.93. The molecule has 1 heterocycles. The first-order valence-electron chi connectivity index (χ1n) is 6.83. The summed E-state index contributed by atoms with van der Waals surface area (Å²) in [5.74, 6) is -0.164. The maximum Gasteiger partial charge on any atom is 0.259 e. The Morgan fingerprint density at radius 1 is 1.29 bits per heavy atom. The highest BCUT2D eigenvalue weighted by Crippen LogP contribution is 2.17. The largest absolute Gasteiger partial charge is 0.322 e. The zero-order valence-corrected chi connectivity index (χ0v) is 13.5. The van der Waals surface area contributed by atoms with Gasteiger partial charge in [0.05, 0.1) is 11.3 Å². The number of hydrogen-bond acceptors (Lipinski definition) is 4. The SMILES string of the molecule is CCc1nc(SC)ncc1C(=O)Nc1ccc(C)c(C)c1. The van der Waals surface area contributed by atoms with Crippen molar-refractivity contribution in [3.63, 3.8) is 0 Å². The zero-order valence-electron chi connectivity index (χ0n) is 12.7. The minimum absolute atomic E-state index is 0.164. The molecule has 0 spiro atoms. The Hall–Kier alpha value is -1.88. The van der Waals surface area contributed by atoms with Gasteiger partial charge in [0.25, 0.3) is 5.91 Å². The Balaban J connectivity index is 2.25. The van der Waals surface area contributed by atoms with E-state index in [9.17, 15) is 4.79 Å². The standard InChI is InChI=1S/C16H19N3OS/c1-5-14-13(9-17-16(19-14)21-4)15(20)18-12-7-6-10(2)11(3)8-12/h6-9H,5H2,1-4H3,(H,18,20). The van der Waals surface area contributed by atoms with Crippen LogP contribution in [-0.2, 0) is 6.42 Å². The molecule has 0 aliphatic rings. The van der Waals surface area contributed by atoms with Crippen molar-refractivity contribution in [1.29, 1.82) is 0 Å². The molecular weight excluding hydrogens is 282 g/mol. The van der Waals surface area contributed by atoms with Crippen LogP contribution in [0, 0.1) is 13.8 Å². The molecule has 21 heavy (non-hydrogen) atoms. The van der Waals surface area contributed by atoms with E-state index in [2.05, 4.69) is 15.3 Å². The molecule has 0 saturated heterocycles. The number of hydrogen-bond donors (Lipinski definition) is 1. The quantitative estimate of drug-likeness (QED) is 0.692. The van der Waals surface area contributed by atoms with E-state index in [4.69, 9.17) is 0 Å². The molecule has 0 radical (unpaired) electrons. The summed E-state index contributed by atoms with van der Waals surface area (Å²) in [7, 11) is 0. The normalized spacial score (nSPS) is 10.5. The molecule has 110 valence electrons. The van der Waals surface area contributed by atoms with Crippen LogP contribution in [0.4, 0.5) is 5.69 Å². The third kappa shape index (κ3) is 3.61. The topological polar surface area (TPSA) is 54.9 Å². The molecule has 1 aromatic carbocycles. The van der Waals surface area contributed by atoms with Crippen LogP contribution >= 0.6 is 11.8 Å². The highest BCUT2D eigenvalue weighted by molar-refractivity contribution is 7.98. The number of carbonyl (C=O) groups is 1. The number of benzene rings is 1. The Bertz CT molecular complexity index is 671. The van der Waals surface area contributed by atoms with Crippen molar-refractivity contribution >= 4 is 23.4 Å². The lowest BCUT2D eigenvalue weighted by Crippen LogP contribution is -2.16. The van der Waals surface area contributed by atoms with Crippen LogP contribution in [0.1, 0.15) is 34.1 Å². The lowest BCUT2D eigenvalue weighted by atomic mass is 10.1. The van der Waals surface area contributed by atoms with Gasteiger partial charge in [-0.25, -0.2) is 9.97 Å². The summed E-state index contributed by atoms with van der Waals surface area (Å²) in [6.07, 6.45) is 4.23. The van der Waals surface area contributed by atoms with Gasteiger partial charge in [0, 0.05) is 11.9 Å². The van der Waals surface area contributed by atoms with E-state index < -0.39 is 0 Å². The molecule has 4 nitrogen and oxygen atoms in total. The number of amides is 1. The first-order valence-corrected chi connectivity index (χ1v) is 8.06. The van der Waals surface area contributed by atoms with Crippen molar-refractivity contribution in [2.24, 2.45) is 0 Å². The van der Waals surface area contributed by atoms with Gasteiger partial charge in [-0.05, 0) is 49.8 Å². The predicted octanol–water partition coefficient (Wildman–Crippen LogP) is 3.63. The van der Waals surface area contributed by atoms with Gasteiger partial charge in [-0.3, -0.25) is 4.79 Å². The van der Waals surface area contributed by atoms with Crippen molar-refractivity contribution in [2.45, 2.75) is 32.3 Å². The number of aryl methyl sites for hydroxylation is 3. The van der Waals surface area contributed by atoms with Gasteiger partial charge < -0.3 is 5.32 Å². The molecule has 0 fully saturated rings. The minimum Gasteiger partial charge on any atom is -0.322 e. The number of rotatable bonds is 4. The lowest BCUT2D eigenvalue weighted by Gasteiger charge is -2.10. The van der Waals surface area contributed by atoms with Crippen molar-refractivity contribution in [2.75, 3.05) is 11.6 Å². The first-order chi connectivity index (χ1) is 10.0. The fraction of sp³-hybridized carbons (Fsp3) is 0.312. The second-order valence-corrected chi connectivity index (χ2v) is 5.60. The van der Waals surface area contributed by atoms with Crippen LogP contribution in [0.15, 0.2) is 29.6 Å². The molecule has 0 aliphatic heterocycles. The second-order valence-electron chi connectivity index (χ2n) is 4.82. The molecule has 1 N–H and O–H groups in total. The van der Waals surface area contributed by atoms with Crippen LogP contribution in [-0.4, -0.2) is 22.1 Å². The molecule has 0 bridgehead atoms. The van der Waals surface area contributed by atoms with E-state index in [1.54, 1.807) is 6.20 Å². The van der Waals surface area contributed by atoms with E-state index in [0.29, 0.717) is 17.1 Å². The molecule has 0 atom stereocenters. The van der Waals surface area contributed by atoms with Gasteiger partial charge in [-0.2, -0.15) is 0 Å². The van der Waals surface area contributed by atoms with E-state index in [0.717, 1.165) is 16.9 Å². The summed E-state index contributed by atoms with van der Waals surface area (Å²) in [6.45, 7) is 6.06. The molecule has 0 saturated carbocycles. The predicted molar refractivity (Wildman–Crippen MR) is 87.1 cm³/mol. The van der Waals surface area contributed by atoms with Crippen LogP contribution < -0.4 is 5.32 Å². The lowest BCUT2D eigenvalue weighted by molar-refractivity contribution is 0.102. The van der Waals surface area contributed by atoms with E-state index in [1.807, 2.05) is 45.2 Å². The van der Waals surface area contributed by atoms with Crippen molar-refractivity contribution in [3.8, 4) is 0 Å². The number of nitrogens with zero attached hydrogens (tertiary/aromatic N) is 2. The summed E-state index contributed by atoms with van der Waals surface area (Å²) < 4.78 is 0. The first kappa shape index (κ1) is 15.5. The van der Waals surface area contributed by atoms with Crippen LogP contribution in [0.5, 0.6) is 0 Å². The number of carbonyl (C=O) groups excluding carboxylic acids is 1. The monoisotopic (exact) mass is 301 g/mol. The Labute approximate surface area is 129 Å². The number of nitrogens with one attached hydrogen (secondary N) is 1. The van der Waals surface area contributed by atoms with Gasteiger partial charge in [0.1, 0.15) is 0 Å². The second kappa shape index (κ2) is 6.72.